The maximum Gasteiger partial charge on any atom is 0.345 e. The highest BCUT2D eigenvalue weighted by Crippen LogP contribution is 2.25. The number of esters is 2. The molecule has 18 heavy (non-hydrogen) atoms. The number of carbonyl (C=O) groups excluding carboxylic acids is 2. The summed E-state index contributed by atoms with van der Waals surface area (Å²) in [5.41, 5.74) is 0.405. The maximum atomic E-state index is 11.8. The zero-order valence-electron chi connectivity index (χ0n) is 10.0. The van der Waals surface area contributed by atoms with Gasteiger partial charge >= 0.3 is 11.9 Å². The molecule has 1 aromatic carbocycles. The smallest absolute Gasteiger partial charge is 0.345 e. The van der Waals surface area contributed by atoms with Crippen molar-refractivity contribution in [1.82, 2.24) is 0 Å². The Hall–Kier alpha value is -1.16. The van der Waals surface area contributed by atoms with Gasteiger partial charge in [-0.05, 0) is 37.1 Å². The quantitative estimate of drug-likeness (QED) is 0.618. The van der Waals surface area contributed by atoms with Crippen LogP contribution in [0.3, 0.4) is 0 Å². The average molecular weight is 311 g/mol. The van der Waals surface area contributed by atoms with Crippen molar-refractivity contribution in [2.24, 2.45) is 5.92 Å². The van der Waals surface area contributed by atoms with E-state index in [0.717, 1.165) is 30.2 Å². The lowest BCUT2D eigenvalue weighted by Gasteiger charge is -2.19. The summed E-state index contributed by atoms with van der Waals surface area (Å²) >= 11 is 3.29. The van der Waals surface area contributed by atoms with Gasteiger partial charge in [0.2, 0.25) is 0 Å². The minimum absolute atomic E-state index is 0.0989. The number of carbonyl (C=O) groups is 2. The van der Waals surface area contributed by atoms with E-state index in [1.54, 1.807) is 24.3 Å². The van der Waals surface area contributed by atoms with E-state index >= 15 is 0 Å². The molecule has 0 heterocycles. The lowest BCUT2D eigenvalue weighted by atomic mass is 9.89. The van der Waals surface area contributed by atoms with Crippen LogP contribution in [0.5, 0.6) is 0 Å². The van der Waals surface area contributed by atoms with E-state index in [4.69, 9.17) is 4.74 Å². The fourth-order valence-electron chi connectivity index (χ4n) is 2.16. The largest absolute Gasteiger partial charge is 0.389 e. The Morgan fingerprint density at radius 1 is 1.06 bits per heavy atom. The highest BCUT2D eigenvalue weighted by molar-refractivity contribution is 9.10. The molecule has 0 bridgehead atoms. The summed E-state index contributed by atoms with van der Waals surface area (Å²) in [7, 11) is 0. The molecule has 2 rings (SSSR count). The number of rotatable bonds is 2. The summed E-state index contributed by atoms with van der Waals surface area (Å²) in [6, 6.07) is 6.78. The first-order chi connectivity index (χ1) is 8.66. The highest BCUT2D eigenvalue weighted by Gasteiger charge is 2.25. The van der Waals surface area contributed by atoms with E-state index in [9.17, 15) is 9.59 Å². The number of hydrogen-bond acceptors (Lipinski definition) is 3. The summed E-state index contributed by atoms with van der Waals surface area (Å²) < 4.78 is 5.81. The molecule has 1 aliphatic carbocycles. The van der Waals surface area contributed by atoms with Crippen molar-refractivity contribution in [3.8, 4) is 0 Å². The SMILES string of the molecule is O=C(OC(=O)C1CCCCC1)c1ccc(Br)cc1. The molecule has 0 aromatic heterocycles. The second kappa shape index (κ2) is 6.14. The number of benzene rings is 1. The standard InChI is InChI=1S/C14H15BrO3/c15-12-8-6-11(7-9-12)14(17)18-13(16)10-4-2-1-3-5-10/h6-10H,1-5H2. The molecule has 0 spiro atoms. The van der Waals surface area contributed by atoms with Crippen LogP contribution in [0.25, 0.3) is 0 Å². The molecule has 0 aliphatic heterocycles. The average Bonchev–Trinajstić information content (AvgIpc) is 2.40. The topological polar surface area (TPSA) is 43.4 Å². The fraction of sp³-hybridized carbons (Fsp3) is 0.429. The maximum absolute atomic E-state index is 11.8. The van der Waals surface area contributed by atoms with Crippen LogP contribution in [0.1, 0.15) is 42.5 Å². The van der Waals surface area contributed by atoms with Gasteiger partial charge in [0.1, 0.15) is 0 Å². The molecule has 1 aliphatic rings. The Morgan fingerprint density at radius 3 is 2.28 bits per heavy atom. The van der Waals surface area contributed by atoms with E-state index in [1.165, 1.54) is 6.42 Å². The molecule has 0 radical (unpaired) electrons. The molecule has 0 N–H and O–H groups in total. The predicted octanol–water partition coefficient (Wildman–Crippen LogP) is 3.71. The predicted molar refractivity (Wildman–Crippen MR) is 71.1 cm³/mol. The Labute approximate surface area is 115 Å². The van der Waals surface area contributed by atoms with Gasteiger partial charge in [-0.1, -0.05) is 35.2 Å². The molecule has 1 aromatic rings. The van der Waals surface area contributed by atoms with Crippen LogP contribution >= 0.6 is 15.9 Å². The summed E-state index contributed by atoms with van der Waals surface area (Å²) in [5, 5.41) is 0. The number of hydrogen-bond donors (Lipinski definition) is 0. The second-order valence-electron chi connectivity index (χ2n) is 4.55. The summed E-state index contributed by atoms with van der Waals surface area (Å²) in [6.45, 7) is 0. The normalized spacial score (nSPS) is 16.3. The minimum Gasteiger partial charge on any atom is -0.389 e. The van der Waals surface area contributed by atoms with Crippen LogP contribution in [0.2, 0.25) is 0 Å². The van der Waals surface area contributed by atoms with Crippen molar-refractivity contribution in [3.63, 3.8) is 0 Å². The van der Waals surface area contributed by atoms with Crippen molar-refractivity contribution in [2.45, 2.75) is 32.1 Å². The van der Waals surface area contributed by atoms with Crippen LogP contribution in [-0.2, 0) is 9.53 Å². The van der Waals surface area contributed by atoms with Crippen LogP contribution in [0, 0.1) is 5.92 Å². The third kappa shape index (κ3) is 3.42. The summed E-state index contributed by atoms with van der Waals surface area (Å²) in [5.74, 6) is -1.03. The summed E-state index contributed by atoms with van der Waals surface area (Å²) in [4.78, 5) is 23.5. The second-order valence-corrected chi connectivity index (χ2v) is 5.47. The zero-order chi connectivity index (χ0) is 13.0. The lowest BCUT2D eigenvalue weighted by molar-refractivity contribution is -0.143. The van der Waals surface area contributed by atoms with Crippen molar-refractivity contribution in [2.75, 3.05) is 0 Å². The van der Waals surface area contributed by atoms with Gasteiger partial charge in [0.25, 0.3) is 0 Å². The van der Waals surface area contributed by atoms with E-state index in [-0.39, 0.29) is 11.9 Å². The molecule has 1 saturated carbocycles. The van der Waals surface area contributed by atoms with Crippen LogP contribution in [-0.4, -0.2) is 11.9 Å². The molecule has 4 heteroatoms. The first kappa shape index (κ1) is 13.3. The molecule has 0 atom stereocenters. The first-order valence-corrected chi connectivity index (χ1v) is 6.98. The Balaban J connectivity index is 1.94. The molecule has 0 amide bonds. The number of halogens is 1. The van der Waals surface area contributed by atoms with Gasteiger partial charge in [-0.2, -0.15) is 0 Å². The molecular weight excluding hydrogens is 296 g/mol. The third-order valence-electron chi connectivity index (χ3n) is 3.21. The molecule has 1 fully saturated rings. The zero-order valence-corrected chi connectivity index (χ0v) is 11.6. The lowest BCUT2D eigenvalue weighted by Crippen LogP contribution is -2.23. The van der Waals surface area contributed by atoms with Gasteiger partial charge in [-0.3, -0.25) is 4.79 Å². The van der Waals surface area contributed by atoms with Gasteiger partial charge in [-0.25, -0.2) is 4.79 Å². The Morgan fingerprint density at radius 2 is 1.67 bits per heavy atom. The number of ether oxygens (including phenoxy) is 1. The molecular formula is C14H15BrO3. The monoisotopic (exact) mass is 310 g/mol. The fourth-order valence-corrected chi connectivity index (χ4v) is 2.42. The van der Waals surface area contributed by atoms with Crippen LogP contribution in [0.15, 0.2) is 28.7 Å². The Kier molecular flexibility index (Phi) is 4.53. The van der Waals surface area contributed by atoms with Gasteiger partial charge in [0.15, 0.2) is 0 Å². The van der Waals surface area contributed by atoms with E-state index in [2.05, 4.69) is 15.9 Å². The van der Waals surface area contributed by atoms with Crippen molar-refractivity contribution in [1.29, 1.82) is 0 Å². The van der Waals surface area contributed by atoms with E-state index in [1.807, 2.05) is 0 Å². The van der Waals surface area contributed by atoms with Gasteiger partial charge in [0, 0.05) is 4.47 Å². The van der Waals surface area contributed by atoms with E-state index < -0.39 is 5.97 Å². The molecule has 96 valence electrons. The Bertz CT molecular complexity index is 433. The van der Waals surface area contributed by atoms with Crippen LogP contribution in [0.4, 0.5) is 0 Å². The first-order valence-electron chi connectivity index (χ1n) is 6.18. The van der Waals surface area contributed by atoms with Crippen LogP contribution < -0.4 is 0 Å². The van der Waals surface area contributed by atoms with Gasteiger partial charge < -0.3 is 4.74 Å². The van der Waals surface area contributed by atoms with E-state index in [0.29, 0.717) is 5.56 Å². The van der Waals surface area contributed by atoms with Crippen molar-refractivity contribution >= 4 is 27.9 Å². The van der Waals surface area contributed by atoms with Gasteiger partial charge in [-0.15, -0.1) is 0 Å². The van der Waals surface area contributed by atoms with Crippen molar-refractivity contribution < 1.29 is 14.3 Å². The highest BCUT2D eigenvalue weighted by atomic mass is 79.9. The minimum atomic E-state index is -0.557. The van der Waals surface area contributed by atoms with Gasteiger partial charge in [0.05, 0.1) is 11.5 Å². The summed E-state index contributed by atoms with van der Waals surface area (Å²) in [6.07, 6.45) is 4.95. The van der Waals surface area contributed by atoms with Crippen molar-refractivity contribution in [3.05, 3.63) is 34.3 Å². The third-order valence-corrected chi connectivity index (χ3v) is 3.74. The molecule has 0 unspecified atom stereocenters. The molecule has 3 nitrogen and oxygen atoms in total. The molecule has 0 saturated heterocycles.